The lowest BCUT2D eigenvalue weighted by molar-refractivity contribution is 0.229. The van der Waals surface area contributed by atoms with Gasteiger partial charge in [-0.3, -0.25) is 0 Å². The molecule has 3 aromatic rings. The second-order valence-electron chi connectivity index (χ2n) is 7.36. The Morgan fingerprint density at radius 2 is 2.00 bits per heavy atom. The molecule has 0 aromatic carbocycles. The van der Waals surface area contributed by atoms with Crippen LogP contribution >= 0.6 is 12.4 Å². The van der Waals surface area contributed by atoms with Gasteiger partial charge in [-0.15, -0.1) is 12.4 Å². The first-order valence-corrected chi connectivity index (χ1v) is 9.10. The van der Waals surface area contributed by atoms with Crippen molar-refractivity contribution < 1.29 is 9.05 Å². The number of rotatable bonds is 5. The smallest absolute Gasteiger partial charge is 0.259 e. The molecule has 138 valence electrons. The van der Waals surface area contributed by atoms with E-state index in [1.165, 1.54) is 0 Å². The summed E-state index contributed by atoms with van der Waals surface area (Å²) in [5, 5.41) is 9.27. The molecular weight excluding hydrogens is 354 g/mol. The van der Waals surface area contributed by atoms with E-state index in [1.807, 2.05) is 0 Å². The van der Waals surface area contributed by atoms with Gasteiger partial charge in [0, 0.05) is 11.6 Å². The van der Waals surface area contributed by atoms with Crippen LogP contribution in [0.5, 0.6) is 0 Å². The molecule has 0 amide bonds. The molecule has 0 aliphatic heterocycles. The third-order valence-electron chi connectivity index (χ3n) is 5.37. The van der Waals surface area contributed by atoms with Crippen LogP contribution in [-0.2, 0) is 12.0 Å². The molecular formula is C18H22ClN5O2. The second kappa shape index (κ2) is 6.32. The molecule has 8 heteroatoms. The normalized spacial score (nSPS) is 18.5. The minimum atomic E-state index is -0.436. The average molecular weight is 376 g/mol. The zero-order valence-electron chi connectivity index (χ0n) is 14.7. The lowest BCUT2D eigenvalue weighted by atomic mass is 9.77. The van der Waals surface area contributed by atoms with Gasteiger partial charge in [-0.2, -0.15) is 4.98 Å². The molecule has 2 aliphatic rings. The van der Waals surface area contributed by atoms with Crippen molar-refractivity contribution in [2.75, 3.05) is 0 Å². The number of aromatic nitrogens is 4. The van der Waals surface area contributed by atoms with Crippen molar-refractivity contribution in [3.05, 3.63) is 23.3 Å². The molecule has 2 fully saturated rings. The Balaban J connectivity index is 0.00000168. The number of pyridine rings is 1. The van der Waals surface area contributed by atoms with E-state index in [2.05, 4.69) is 33.3 Å². The predicted octanol–water partition coefficient (Wildman–Crippen LogP) is 3.86. The third-order valence-corrected chi connectivity index (χ3v) is 5.37. The van der Waals surface area contributed by atoms with Crippen LogP contribution in [0.15, 0.2) is 15.1 Å². The van der Waals surface area contributed by atoms with Gasteiger partial charge in [-0.05, 0) is 44.6 Å². The van der Waals surface area contributed by atoms with Gasteiger partial charge in [-0.1, -0.05) is 23.7 Å². The second-order valence-corrected chi connectivity index (χ2v) is 7.36. The number of aryl methyl sites for hydroxylation is 1. The molecule has 2 N–H and O–H groups in total. The topological polar surface area (TPSA) is 104 Å². The lowest BCUT2D eigenvalue weighted by Gasteiger charge is -2.34. The summed E-state index contributed by atoms with van der Waals surface area (Å²) in [4.78, 5) is 9.29. The molecule has 5 rings (SSSR count). The van der Waals surface area contributed by atoms with E-state index in [4.69, 9.17) is 14.8 Å². The molecule has 0 spiro atoms. The summed E-state index contributed by atoms with van der Waals surface area (Å²) >= 11 is 0. The summed E-state index contributed by atoms with van der Waals surface area (Å²) < 4.78 is 11.1. The zero-order valence-corrected chi connectivity index (χ0v) is 15.5. The fourth-order valence-corrected chi connectivity index (χ4v) is 3.51. The van der Waals surface area contributed by atoms with Gasteiger partial charge >= 0.3 is 0 Å². The number of nitrogens with two attached hydrogens (primary N) is 1. The number of hydrogen-bond acceptors (Lipinski definition) is 7. The van der Waals surface area contributed by atoms with Crippen LogP contribution < -0.4 is 5.73 Å². The third kappa shape index (κ3) is 2.70. The van der Waals surface area contributed by atoms with Crippen molar-refractivity contribution in [1.82, 2.24) is 20.3 Å². The first kappa shape index (κ1) is 17.4. The SMILES string of the molecule is CCCc1noc2nc(C3CC3)cc(-c3nc(C4(N)CCC4)no3)c12.Cl. The summed E-state index contributed by atoms with van der Waals surface area (Å²) in [6, 6.07) is 2.07. The maximum absolute atomic E-state index is 6.35. The van der Waals surface area contributed by atoms with E-state index >= 15 is 0 Å². The fourth-order valence-electron chi connectivity index (χ4n) is 3.51. The van der Waals surface area contributed by atoms with Crippen LogP contribution in [0.1, 0.15) is 68.6 Å². The van der Waals surface area contributed by atoms with Crippen molar-refractivity contribution >= 4 is 23.5 Å². The standard InChI is InChI=1S/C18H21N5O2.ClH/c1-2-4-12-14-11(9-13(10-5-6-10)20-16(14)25-22-12)15-21-17(23-24-15)18(19)7-3-8-18;/h9-10H,2-8,19H2,1H3;1H. The maximum Gasteiger partial charge on any atom is 0.259 e. The Morgan fingerprint density at radius 3 is 2.65 bits per heavy atom. The molecule has 0 bridgehead atoms. The Morgan fingerprint density at radius 1 is 1.19 bits per heavy atom. The largest absolute Gasteiger partial charge is 0.336 e. The number of hydrogen-bond donors (Lipinski definition) is 1. The Bertz CT molecular complexity index is 942. The highest BCUT2D eigenvalue weighted by Crippen LogP contribution is 2.43. The van der Waals surface area contributed by atoms with Gasteiger partial charge in [0.2, 0.25) is 0 Å². The van der Waals surface area contributed by atoms with Gasteiger partial charge < -0.3 is 14.8 Å². The van der Waals surface area contributed by atoms with Crippen LogP contribution in [-0.4, -0.2) is 20.3 Å². The molecule has 0 atom stereocenters. The van der Waals surface area contributed by atoms with E-state index < -0.39 is 5.54 Å². The molecule has 0 saturated heterocycles. The van der Waals surface area contributed by atoms with Crippen molar-refractivity contribution in [2.45, 2.75) is 63.3 Å². The summed E-state index contributed by atoms with van der Waals surface area (Å²) in [7, 11) is 0. The van der Waals surface area contributed by atoms with Crippen LogP contribution in [0.4, 0.5) is 0 Å². The van der Waals surface area contributed by atoms with Crippen molar-refractivity contribution in [2.24, 2.45) is 5.73 Å². The Kier molecular flexibility index (Phi) is 4.23. The molecule has 2 aliphatic carbocycles. The highest BCUT2D eigenvalue weighted by molar-refractivity contribution is 5.91. The number of halogens is 1. The Labute approximate surface area is 157 Å². The minimum absolute atomic E-state index is 0. The molecule has 7 nitrogen and oxygen atoms in total. The fraction of sp³-hybridized carbons (Fsp3) is 0.556. The summed E-state index contributed by atoms with van der Waals surface area (Å²) in [6.07, 6.45) is 7.04. The van der Waals surface area contributed by atoms with Gasteiger partial charge in [0.05, 0.1) is 22.2 Å². The van der Waals surface area contributed by atoms with E-state index in [9.17, 15) is 0 Å². The van der Waals surface area contributed by atoms with E-state index in [-0.39, 0.29) is 12.4 Å². The van der Waals surface area contributed by atoms with Crippen LogP contribution in [0, 0.1) is 0 Å². The van der Waals surface area contributed by atoms with E-state index in [0.29, 0.717) is 23.3 Å². The lowest BCUT2D eigenvalue weighted by Crippen LogP contribution is -2.44. The molecule has 2 saturated carbocycles. The predicted molar refractivity (Wildman–Crippen MR) is 98.0 cm³/mol. The van der Waals surface area contributed by atoms with Crippen LogP contribution in [0.25, 0.3) is 22.6 Å². The molecule has 0 unspecified atom stereocenters. The molecule has 0 radical (unpaired) electrons. The highest BCUT2D eigenvalue weighted by Gasteiger charge is 2.39. The molecule has 3 heterocycles. The summed E-state index contributed by atoms with van der Waals surface area (Å²) in [5.41, 5.74) is 9.26. The van der Waals surface area contributed by atoms with Crippen molar-refractivity contribution in [3.63, 3.8) is 0 Å². The quantitative estimate of drug-likeness (QED) is 0.721. The number of nitrogens with zero attached hydrogens (tertiary/aromatic N) is 4. The Hall–Kier alpha value is -1.99. The monoisotopic (exact) mass is 375 g/mol. The first-order chi connectivity index (χ1) is 12.2. The first-order valence-electron chi connectivity index (χ1n) is 9.10. The highest BCUT2D eigenvalue weighted by atomic mass is 35.5. The van der Waals surface area contributed by atoms with E-state index in [0.717, 1.165) is 67.3 Å². The molecule has 3 aromatic heterocycles. The van der Waals surface area contributed by atoms with E-state index in [1.54, 1.807) is 0 Å². The van der Waals surface area contributed by atoms with Gasteiger partial charge in [0.25, 0.3) is 11.6 Å². The average Bonchev–Trinajstić information content (AvgIpc) is 3.18. The van der Waals surface area contributed by atoms with Crippen molar-refractivity contribution in [1.29, 1.82) is 0 Å². The van der Waals surface area contributed by atoms with Gasteiger partial charge in [-0.25, -0.2) is 4.98 Å². The van der Waals surface area contributed by atoms with Gasteiger partial charge in [0.1, 0.15) is 0 Å². The minimum Gasteiger partial charge on any atom is -0.336 e. The van der Waals surface area contributed by atoms with Crippen LogP contribution in [0.3, 0.4) is 0 Å². The van der Waals surface area contributed by atoms with Crippen molar-refractivity contribution in [3.8, 4) is 11.5 Å². The zero-order chi connectivity index (χ0) is 17.0. The van der Waals surface area contributed by atoms with Crippen LogP contribution in [0.2, 0.25) is 0 Å². The van der Waals surface area contributed by atoms with Gasteiger partial charge in [0.15, 0.2) is 5.82 Å². The maximum atomic E-state index is 6.35. The molecule has 26 heavy (non-hydrogen) atoms. The number of fused-ring (bicyclic) bond motifs is 1. The summed E-state index contributed by atoms with van der Waals surface area (Å²) in [6.45, 7) is 2.12. The summed E-state index contributed by atoms with van der Waals surface area (Å²) in [5.74, 6) is 1.58.